The SMILES string of the molecule is CNC(=O)CC(CC1CC(Oc2ccc(CN3CCCC3)c(Cl)c2)C1)OC. The van der Waals surface area contributed by atoms with Crippen LogP contribution in [-0.2, 0) is 16.1 Å². The van der Waals surface area contributed by atoms with E-state index in [9.17, 15) is 4.79 Å². The van der Waals surface area contributed by atoms with Gasteiger partial charge in [-0.25, -0.2) is 0 Å². The fraction of sp³-hybridized carbons (Fsp3) is 0.667. The highest BCUT2D eigenvalue weighted by Crippen LogP contribution is 2.36. The number of nitrogens with zero attached hydrogens (tertiary/aromatic N) is 1. The Morgan fingerprint density at radius 2 is 2.07 bits per heavy atom. The molecule has 6 heteroatoms. The molecule has 1 saturated heterocycles. The van der Waals surface area contributed by atoms with Crippen molar-refractivity contribution in [3.63, 3.8) is 0 Å². The lowest BCUT2D eigenvalue weighted by atomic mass is 9.78. The van der Waals surface area contributed by atoms with Gasteiger partial charge in [-0.05, 0) is 68.8 Å². The van der Waals surface area contributed by atoms with E-state index in [1.165, 1.54) is 31.5 Å². The van der Waals surface area contributed by atoms with Gasteiger partial charge in [-0.3, -0.25) is 9.69 Å². The number of likely N-dealkylation sites (tertiary alicyclic amines) is 1. The number of carbonyl (C=O) groups excluding carboxylic acids is 1. The Morgan fingerprint density at radius 3 is 2.70 bits per heavy atom. The molecule has 1 amide bonds. The highest BCUT2D eigenvalue weighted by molar-refractivity contribution is 6.31. The minimum absolute atomic E-state index is 0.0183. The van der Waals surface area contributed by atoms with E-state index in [-0.39, 0.29) is 18.1 Å². The van der Waals surface area contributed by atoms with E-state index in [0.29, 0.717) is 12.3 Å². The lowest BCUT2D eigenvalue weighted by Crippen LogP contribution is -2.37. The standard InChI is InChI=1S/C21H31ClN2O3/c1-23-21(25)13-18(26-2)9-15-10-19(11-15)27-17-6-5-16(20(22)12-17)14-24-7-3-4-8-24/h5-6,12,15,18-19H,3-4,7-11,13-14H2,1-2H3,(H,23,25). The molecule has 1 aromatic rings. The fourth-order valence-electron chi connectivity index (χ4n) is 4.01. The molecular weight excluding hydrogens is 364 g/mol. The number of benzene rings is 1. The molecule has 2 fully saturated rings. The second-order valence-corrected chi connectivity index (χ2v) is 8.19. The first-order valence-electron chi connectivity index (χ1n) is 9.98. The van der Waals surface area contributed by atoms with Crippen LogP contribution in [-0.4, -0.2) is 50.3 Å². The van der Waals surface area contributed by atoms with Crippen LogP contribution in [0.2, 0.25) is 5.02 Å². The van der Waals surface area contributed by atoms with E-state index < -0.39 is 0 Å². The van der Waals surface area contributed by atoms with Crippen LogP contribution in [0.5, 0.6) is 5.75 Å². The summed E-state index contributed by atoms with van der Waals surface area (Å²) in [6.45, 7) is 3.26. The molecule has 0 radical (unpaired) electrons. The van der Waals surface area contributed by atoms with Crippen molar-refractivity contribution >= 4 is 17.5 Å². The van der Waals surface area contributed by atoms with Gasteiger partial charge in [0.2, 0.25) is 5.91 Å². The summed E-state index contributed by atoms with van der Waals surface area (Å²) in [4.78, 5) is 14.0. The summed E-state index contributed by atoms with van der Waals surface area (Å²) < 4.78 is 11.5. The monoisotopic (exact) mass is 394 g/mol. The first-order valence-corrected chi connectivity index (χ1v) is 10.4. The van der Waals surface area contributed by atoms with E-state index in [1.54, 1.807) is 14.2 Å². The van der Waals surface area contributed by atoms with Crippen molar-refractivity contribution in [1.29, 1.82) is 0 Å². The van der Waals surface area contributed by atoms with Crippen LogP contribution in [0.15, 0.2) is 18.2 Å². The molecule has 2 aliphatic rings. The molecule has 0 bridgehead atoms. The first kappa shape index (κ1) is 20.4. The Kier molecular flexibility index (Phi) is 7.39. The van der Waals surface area contributed by atoms with Crippen molar-refractivity contribution in [2.75, 3.05) is 27.2 Å². The third kappa shape index (κ3) is 5.84. The van der Waals surface area contributed by atoms with Crippen molar-refractivity contribution in [2.24, 2.45) is 5.92 Å². The van der Waals surface area contributed by atoms with E-state index in [0.717, 1.165) is 36.6 Å². The van der Waals surface area contributed by atoms with Gasteiger partial charge in [0.25, 0.3) is 0 Å². The number of rotatable bonds is 9. The number of hydrogen-bond donors (Lipinski definition) is 1. The van der Waals surface area contributed by atoms with Crippen LogP contribution < -0.4 is 10.1 Å². The number of halogens is 1. The zero-order chi connectivity index (χ0) is 19.2. The minimum Gasteiger partial charge on any atom is -0.490 e. The highest BCUT2D eigenvalue weighted by atomic mass is 35.5. The molecule has 1 heterocycles. The quantitative estimate of drug-likeness (QED) is 0.694. The molecule has 1 atom stereocenters. The number of methoxy groups -OCH3 is 1. The molecular formula is C21H31ClN2O3. The molecule has 1 aliphatic heterocycles. The van der Waals surface area contributed by atoms with Gasteiger partial charge in [0.1, 0.15) is 5.75 Å². The molecule has 3 rings (SSSR count). The zero-order valence-corrected chi connectivity index (χ0v) is 17.1. The maximum atomic E-state index is 11.5. The molecule has 0 aromatic heterocycles. The molecule has 1 aromatic carbocycles. The first-order chi connectivity index (χ1) is 13.1. The summed E-state index contributed by atoms with van der Waals surface area (Å²) in [5.74, 6) is 1.43. The second kappa shape index (κ2) is 9.76. The Balaban J connectivity index is 1.42. The smallest absolute Gasteiger partial charge is 0.222 e. The van der Waals surface area contributed by atoms with Gasteiger partial charge in [-0.2, -0.15) is 0 Å². The molecule has 1 aliphatic carbocycles. The fourth-order valence-corrected chi connectivity index (χ4v) is 4.24. The van der Waals surface area contributed by atoms with Gasteiger partial charge < -0.3 is 14.8 Å². The van der Waals surface area contributed by atoms with Crippen molar-refractivity contribution < 1.29 is 14.3 Å². The van der Waals surface area contributed by atoms with Crippen LogP contribution in [0, 0.1) is 5.92 Å². The maximum Gasteiger partial charge on any atom is 0.222 e. The average Bonchev–Trinajstić information content (AvgIpc) is 3.14. The van der Waals surface area contributed by atoms with Crippen molar-refractivity contribution in [3.05, 3.63) is 28.8 Å². The summed E-state index contributed by atoms with van der Waals surface area (Å²) in [6.07, 6.45) is 6.11. The van der Waals surface area contributed by atoms with Gasteiger partial charge in [0.15, 0.2) is 0 Å². The van der Waals surface area contributed by atoms with Gasteiger partial charge in [-0.1, -0.05) is 17.7 Å². The lowest BCUT2D eigenvalue weighted by Gasteiger charge is -2.37. The summed E-state index contributed by atoms with van der Waals surface area (Å²) in [6, 6.07) is 6.08. The zero-order valence-electron chi connectivity index (χ0n) is 16.4. The minimum atomic E-state index is -0.0183. The van der Waals surface area contributed by atoms with Gasteiger partial charge >= 0.3 is 0 Å². The van der Waals surface area contributed by atoms with Gasteiger partial charge in [-0.15, -0.1) is 0 Å². The van der Waals surface area contributed by atoms with Crippen LogP contribution in [0.1, 0.15) is 44.1 Å². The van der Waals surface area contributed by atoms with E-state index in [1.807, 2.05) is 12.1 Å². The Bertz CT molecular complexity index is 628. The van der Waals surface area contributed by atoms with Crippen molar-refractivity contribution in [1.82, 2.24) is 10.2 Å². The third-order valence-electron chi connectivity index (χ3n) is 5.73. The normalized spacial score (nSPS) is 23.7. The molecule has 0 spiro atoms. The topological polar surface area (TPSA) is 50.8 Å². The van der Waals surface area contributed by atoms with Crippen LogP contribution >= 0.6 is 11.6 Å². The summed E-state index contributed by atoms with van der Waals surface area (Å²) >= 11 is 6.47. The van der Waals surface area contributed by atoms with Crippen molar-refractivity contribution in [3.8, 4) is 5.75 Å². The third-order valence-corrected chi connectivity index (χ3v) is 6.09. The summed E-state index contributed by atoms with van der Waals surface area (Å²) in [5.41, 5.74) is 1.18. The Morgan fingerprint density at radius 1 is 1.33 bits per heavy atom. The predicted molar refractivity (Wildman–Crippen MR) is 107 cm³/mol. The van der Waals surface area contributed by atoms with Crippen LogP contribution in [0.25, 0.3) is 0 Å². The number of nitrogens with one attached hydrogen (secondary N) is 1. The maximum absolute atomic E-state index is 11.5. The second-order valence-electron chi connectivity index (χ2n) is 7.78. The highest BCUT2D eigenvalue weighted by Gasteiger charge is 2.33. The molecule has 1 unspecified atom stereocenters. The predicted octanol–water partition coefficient (Wildman–Crippen LogP) is 3.63. The number of ether oxygens (including phenoxy) is 2. The molecule has 1 N–H and O–H groups in total. The number of hydrogen-bond acceptors (Lipinski definition) is 4. The molecule has 150 valence electrons. The van der Waals surface area contributed by atoms with E-state index >= 15 is 0 Å². The van der Waals surface area contributed by atoms with Crippen LogP contribution in [0.4, 0.5) is 0 Å². The summed E-state index contributed by atoms with van der Waals surface area (Å²) in [5, 5.41) is 3.45. The Hall–Kier alpha value is -1.30. The molecule has 27 heavy (non-hydrogen) atoms. The average molecular weight is 395 g/mol. The van der Waals surface area contributed by atoms with E-state index in [2.05, 4.69) is 16.3 Å². The van der Waals surface area contributed by atoms with E-state index in [4.69, 9.17) is 21.1 Å². The van der Waals surface area contributed by atoms with Gasteiger partial charge in [0, 0.05) is 25.7 Å². The number of carbonyl (C=O) groups is 1. The number of amides is 1. The molecule has 5 nitrogen and oxygen atoms in total. The molecule has 1 saturated carbocycles. The van der Waals surface area contributed by atoms with Gasteiger partial charge in [0.05, 0.1) is 18.6 Å². The Labute approximate surface area is 167 Å². The largest absolute Gasteiger partial charge is 0.490 e. The van der Waals surface area contributed by atoms with Crippen LogP contribution in [0.3, 0.4) is 0 Å². The summed E-state index contributed by atoms with van der Waals surface area (Å²) in [7, 11) is 3.33. The lowest BCUT2D eigenvalue weighted by molar-refractivity contribution is -0.123. The van der Waals surface area contributed by atoms with Crippen molar-refractivity contribution in [2.45, 2.75) is 57.3 Å².